The highest BCUT2D eigenvalue weighted by molar-refractivity contribution is 5.89. The molecule has 0 aliphatic heterocycles. The Morgan fingerprint density at radius 3 is 2.07 bits per heavy atom. The fourth-order valence-corrected chi connectivity index (χ4v) is 2.13. The van der Waals surface area contributed by atoms with Gasteiger partial charge in [0.1, 0.15) is 5.60 Å². The first-order chi connectivity index (χ1) is 6.87. The number of carbonyl (C=O) groups excluding carboxylic acids is 1. The molecule has 1 rings (SSSR count). The normalized spacial score (nSPS) is 31.6. The molecule has 4 heteroatoms. The van der Waals surface area contributed by atoms with E-state index in [1.807, 2.05) is 0 Å². The van der Waals surface area contributed by atoms with E-state index in [2.05, 4.69) is 0 Å². The highest BCUT2D eigenvalue weighted by Crippen LogP contribution is 2.34. The molecule has 15 heavy (non-hydrogen) atoms. The summed E-state index contributed by atoms with van der Waals surface area (Å²) in [5.74, 6) is -1.58. The summed E-state index contributed by atoms with van der Waals surface area (Å²) in [4.78, 5) is 22.4. The van der Waals surface area contributed by atoms with Crippen molar-refractivity contribution in [2.24, 2.45) is 11.8 Å². The monoisotopic (exact) mass is 214 g/mol. The Hall–Kier alpha value is -0.900. The molecule has 1 aliphatic carbocycles. The molecule has 1 fully saturated rings. The molecule has 2 N–H and O–H groups in total. The van der Waals surface area contributed by atoms with Crippen molar-refractivity contribution in [3.05, 3.63) is 0 Å². The predicted molar refractivity (Wildman–Crippen MR) is 54.4 cm³/mol. The smallest absolute Gasteiger partial charge is 0.306 e. The minimum absolute atomic E-state index is 0.161. The van der Waals surface area contributed by atoms with Crippen LogP contribution in [0.3, 0.4) is 0 Å². The molecular weight excluding hydrogens is 196 g/mol. The summed E-state index contributed by atoms with van der Waals surface area (Å²) >= 11 is 0. The Labute approximate surface area is 89.3 Å². The predicted octanol–water partition coefficient (Wildman–Crippen LogP) is 1.22. The van der Waals surface area contributed by atoms with Crippen molar-refractivity contribution in [3.63, 3.8) is 0 Å². The van der Waals surface area contributed by atoms with Crippen molar-refractivity contribution in [1.82, 2.24) is 0 Å². The number of ketones is 1. The van der Waals surface area contributed by atoms with Gasteiger partial charge in [-0.1, -0.05) is 13.8 Å². The molecule has 0 heterocycles. The molecule has 0 aromatic rings. The molecule has 0 aromatic carbocycles. The van der Waals surface area contributed by atoms with E-state index in [-0.39, 0.29) is 24.5 Å². The fraction of sp³-hybridized carbons (Fsp3) is 0.818. The first kappa shape index (κ1) is 12.2. The molecule has 0 amide bonds. The van der Waals surface area contributed by atoms with Crippen LogP contribution in [0.2, 0.25) is 0 Å². The number of Topliss-reactive ketones (excluding diaryl/α,β-unsaturated/α-hetero) is 1. The Kier molecular flexibility index (Phi) is 3.50. The van der Waals surface area contributed by atoms with Crippen molar-refractivity contribution < 1.29 is 19.8 Å². The quantitative estimate of drug-likeness (QED) is 0.740. The molecule has 0 atom stereocenters. The van der Waals surface area contributed by atoms with E-state index in [0.717, 1.165) is 0 Å². The number of hydrogen-bond donors (Lipinski definition) is 2. The lowest BCUT2D eigenvalue weighted by molar-refractivity contribution is -0.152. The van der Waals surface area contributed by atoms with Crippen molar-refractivity contribution in [2.45, 2.75) is 45.1 Å². The lowest BCUT2D eigenvalue weighted by Crippen LogP contribution is -2.45. The van der Waals surface area contributed by atoms with Crippen LogP contribution in [0.25, 0.3) is 0 Å². The summed E-state index contributed by atoms with van der Waals surface area (Å²) in [7, 11) is 0. The lowest BCUT2D eigenvalue weighted by atomic mass is 9.74. The van der Waals surface area contributed by atoms with Crippen LogP contribution in [0.4, 0.5) is 0 Å². The van der Waals surface area contributed by atoms with Crippen LogP contribution < -0.4 is 0 Å². The summed E-state index contributed by atoms with van der Waals surface area (Å²) in [6.07, 6.45) is 1.34. The van der Waals surface area contributed by atoms with Crippen LogP contribution in [0, 0.1) is 11.8 Å². The highest BCUT2D eigenvalue weighted by Gasteiger charge is 2.41. The zero-order chi connectivity index (χ0) is 11.6. The van der Waals surface area contributed by atoms with Gasteiger partial charge in [-0.25, -0.2) is 0 Å². The van der Waals surface area contributed by atoms with Crippen molar-refractivity contribution in [3.8, 4) is 0 Å². The maximum absolute atomic E-state index is 11.7. The Bertz CT molecular complexity index is 262. The van der Waals surface area contributed by atoms with Crippen LogP contribution >= 0.6 is 0 Å². The van der Waals surface area contributed by atoms with Crippen molar-refractivity contribution >= 4 is 11.8 Å². The van der Waals surface area contributed by atoms with Gasteiger partial charge < -0.3 is 10.2 Å². The number of carbonyl (C=O) groups is 2. The van der Waals surface area contributed by atoms with E-state index < -0.39 is 17.5 Å². The van der Waals surface area contributed by atoms with E-state index in [1.165, 1.54) is 0 Å². The zero-order valence-corrected chi connectivity index (χ0v) is 9.19. The first-order valence-corrected chi connectivity index (χ1v) is 5.36. The van der Waals surface area contributed by atoms with Crippen LogP contribution in [0.5, 0.6) is 0 Å². The molecular formula is C11H18O4. The van der Waals surface area contributed by atoms with Crippen molar-refractivity contribution in [1.29, 1.82) is 0 Å². The van der Waals surface area contributed by atoms with Gasteiger partial charge >= 0.3 is 5.97 Å². The van der Waals surface area contributed by atoms with Gasteiger partial charge in [0.25, 0.3) is 0 Å². The largest absolute Gasteiger partial charge is 0.481 e. The maximum atomic E-state index is 11.7. The van der Waals surface area contributed by atoms with Gasteiger partial charge in [-0.2, -0.15) is 0 Å². The van der Waals surface area contributed by atoms with Gasteiger partial charge in [-0.3, -0.25) is 9.59 Å². The summed E-state index contributed by atoms with van der Waals surface area (Å²) in [5, 5.41) is 18.9. The SMILES string of the molecule is CC(C)C(=O)C1(O)CCC(C(=O)O)CC1. The van der Waals surface area contributed by atoms with Crippen molar-refractivity contribution in [2.75, 3.05) is 0 Å². The fourth-order valence-electron chi connectivity index (χ4n) is 2.13. The molecule has 0 radical (unpaired) electrons. The van der Waals surface area contributed by atoms with Crippen LogP contribution in [-0.4, -0.2) is 27.6 Å². The second-order valence-corrected chi connectivity index (χ2v) is 4.66. The third-order valence-electron chi connectivity index (χ3n) is 3.15. The van der Waals surface area contributed by atoms with E-state index >= 15 is 0 Å². The molecule has 0 unspecified atom stereocenters. The van der Waals surface area contributed by atoms with Gasteiger partial charge in [0.05, 0.1) is 5.92 Å². The minimum atomic E-state index is -1.28. The average Bonchev–Trinajstić information content (AvgIpc) is 2.17. The second-order valence-electron chi connectivity index (χ2n) is 4.66. The third-order valence-corrected chi connectivity index (χ3v) is 3.15. The van der Waals surface area contributed by atoms with E-state index in [1.54, 1.807) is 13.8 Å². The number of carboxylic acids is 1. The van der Waals surface area contributed by atoms with Gasteiger partial charge in [0.15, 0.2) is 5.78 Å². The number of aliphatic hydroxyl groups is 1. The number of hydrogen-bond acceptors (Lipinski definition) is 3. The minimum Gasteiger partial charge on any atom is -0.481 e. The molecule has 4 nitrogen and oxygen atoms in total. The second kappa shape index (κ2) is 4.31. The number of aliphatic carboxylic acids is 1. The summed E-state index contributed by atoms with van der Waals surface area (Å²) in [5.41, 5.74) is -1.28. The zero-order valence-electron chi connectivity index (χ0n) is 9.19. The van der Waals surface area contributed by atoms with Gasteiger partial charge in [-0.05, 0) is 25.7 Å². The first-order valence-electron chi connectivity index (χ1n) is 5.36. The summed E-state index contributed by atoms with van der Waals surface area (Å²) in [6.45, 7) is 3.51. The van der Waals surface area contributed by atoms with Gasteiger partial charge in [-0.15, -0.1) is 0 Å². The molecule has 0 aromatic heterocycles. The molecule has 0 bridgehead atoms. The van der Waals surface area contributed by atoms with Crippen LogP contribution in [0.15, 0.2) is 0 Å². The van der Waals surface area contributed by atoms with E-state index in [4.69, 9.17) is 5.11 Å². The van der Waals surface area contributed by atoms with E-state index in [0.29, 0.717) is 12.8 Å². The van der Waals surface area contributed by atoms with Gasteiger partial charge in [0, 0.05) is 5.92 Å². The van der Waals surface area contributed by atoms with Gasteiger partial charge in [0.2, 0.25) is 0 Å². The van der Waals surface area contributed by atoms with Crippen LogP contribution in [0.1, 0.15) is 39.5 Å². The lowest BCUT2D eigenvalue weighted by Gasteiger charge is -2.34. The molecule has 1 aliphatic rings. The Morgan fingerprint density at radius 1 is 1.27 bits per heavy atom. The van der Waals surface area contributed by atoms with Crippen LogP contribution in [-0.2, 0) is 9.59 Å². The third kappa shape index (κ3) is 2.56. The Morgan fingerprint density at radius 2 is 1.73 bits per heavy atom. The highest BCUT2D eigenvalue weighted by atomic mass is 16.4. The topological polar surface area (TPSA) is 74.6 Å². The molecule has 86 valence electrons. The van der Waals surface area contributed by atoms with E-state index in [9.17, 15) is 14.7 Å². The average molecular weight is 214 g/mol. The molecule has 1 saturated carbocycles. The molecule has 0 saturated heterocycles. The maximum Gasteiger partial charge on any atom is 0.306 e. The summed E-state index contributed by atoms with van der Waals surface area (Å²) < 4.78 is 0. The molecule has 0 spiro atoms. The number of carboxylic acid groups (broad SMARTS) is 1. The Balaban J connectivity index is 2.62. The number of rotatable bonds is 3. The summed E-state index contributed by atoms with van der Waals surface area (Å²) in [6, 6.07) is 0. The standard InChI is InChI=1S/C11H18O4/c1-7(2)9(12)11(15)5-3-8(4-6-11)10(13)14/h7-8,15H,3-6H2,1-2H3,(H,13,14).